The van der Waals surface area contributed by atoms with Crippen LogP contribution in [0.15, 0.2) is 432 Å². The topological polar surface area (TPSA) is 84.6 Å². The van der Waals surface area contributed by atoms with E-state index in [9.17, 15) is 0 Å². The summed E-state index contributed by atoms with van der Waals surface area (Å²) in [5.41, 5.74) is 30.0. The van der Waals surface area contributed by atoms with Crippen LogP contribution in [0.4, 0.5) is 34.1 Å². The number of para-hydroxylation sites is 3. The van der Waals surface area contributed by atoms with E-state index in [0.29, 0.717) is 0 Å². The maximum atomic E-state index is 5.58. The minimum Gasteiger partial charge on any atom is -0.464 e. The summed E-state index contributed by atoms with van der Waals surface area (Å²) in [7, 11) is 0. The molecule has 0 aliphatic heterocycles. The van der Waals surface area contributed by atoms with Crippen LogP contribution in [-0.4, -0.2) is 15.0 Å². The van der Waals surface area contributed by atoms with Gasteiger partial charge in [-0.15, -0.1) is 34.0 Å². The number of aromatic nitrogens is 3. The maximum Gasteiger partial charge on any atom is 0.133 e. The second-order valence-electron chi connectivity index (χ2n) is 28.3. The number of anilines is 6. The van der Waals surface area contributed by atoms with Gasteiger partial charge in [-0.25, -0.2) is 15.0 Å². The Morgan fingerprint density at radius 2 is 0.336 bits per heavy atom. The second-order valence-corrected chi connectivity index (χ2v) is 31.4. The number of benzene rings is 15. The first kappa shape index (κ1) is 70.5. The highest BCUT2D eigenvalue weighted by atomic mass is 32.1. The zero-order valence-electron chi connectivity index (χ0n) is 62.5. The van der Waals surface area contributed by atoms with Gasteiger partial charge < -0.3 is 23.1 Å². The van der Waals surface area contributed by atoms with Gasteiger partial charge in [0.2, 0.25) is 0 Å². The number of thiazole rings is 3. The normalized spacial score (nSPS) is 11.3. The highest BCUT2D eigenvalue weighted by molar-refractivity contribution is 7.22. The molecule has 0 atom stereocenters. The van der Waals surface area contributed by atoms with E-state index in [1.165, 1.54) is 30.8 Å². The average Bonchev–Trinajstić information content (AvgIpc) is 0.966. The highest BCUT2D eigenvalue weighted by Gasteiger charge is 2.19. The lowest BCUT2D eigenvalue weighted by Crippen LogP contribution is -2.09. The number of rotatable bonds is 18. The van der Waals surface area contributed by atoms with Crippen molar-refractivity contribution >= 4 is 98.8 Å². The largest absolute Gasteiger partial charge is 0.464 e. The van der Waals surface area contributed by atoms with Crippen molar-refractivity contribution in [3.05, 3.63) is 419 Å². The first-order valence-corrected chi connectivity index (χ1v) is 40.9. The van der Waals surface area contributed by atoms with E-state index in [1.807, 2.05) is 54.6 Å². The summed E-state index contributed by atoms with van der Waals surface area (Å²) in [5.74, 6) is 2.60. The van der Waals surface area contributed by atoms with Crippen molar-refractivity contribution in [1.82, 2.24) is 15.0 Å². The summed E-state index contributed by atoms with van der Waals surface area (Å²) in [4.78, 5) is 19.3. The Morgan fingerprint density at radius 1 is 0.164 bits per heavy atom. The molecule has 0 saturated carbocycles. The molecule has 6 aromatic heterocycles. The average molecular weight is 1540 g/mol. The van der Waals surface area contributed by atoms with E-state index in [4.69, 9.17) is 28.2 Å². The van der Waals surface area contributed by atoms with Crippen molar-refractivity contribution in [2.45, 2.75) is 0 Å². The fourth-order valence-electron chi connectivity index (χ4n) is 14.9. The zero-order valence-corrected chi connectivity index (χ0v) is 65.0. The second kappa shape index (κ2) is 31.5. The summed E-state index contributed by atoms with van der Waals surface area (Å²) in [6, 6.07) is 141. The fourth-order valence-corrected chi connectivity index (χ4v) is 17.8. The van der Waals surface area contributed by atoms with E-state index in [2.05, 4.69) is 356 Å². The summed E-state index contributed by atoms with van der Waals surface area (Å²) < 4.78 is 20.4. The molecule has 21 aromatic rings. The van der Waals surface area contributed by atoms with Crippen LogP contribution in [0.25, 0.3) is 163 Å². The van der Waals surface area contributed by atoms with Crippen molar-refractivity contribution in [1.29, 1.82) is 0 Å². The first-order valence-electron chi connectivity index (χ1n) is 38.4. The van der Waals surface area contributed by atoms with Gasteiger partial charge in [-0.1, -0.05) is 255 Å². The van der Waals surface area contributed by atoms with Crippen molar-refractivity contribution < 1.29 is 13.3 Å². The van der Waals surface area contributed by atoms with Gasteiger partial charge in [0.05, 0.1) is 49.4 Å². The molecule has 11 heteroatoms. The zero-order chi connectivity index (χ0) is 77.1. The molecule has 0 N–H and O–H groups in total. The van der Waals surface area contributed by atoms with Crippen molar-refractivity contribution in [2.24, 2.45) is 0 Å². The molecule has 0 saturated heterocycles. The van der Waals surface area contributed by atoms with Crippen LogP contribution >= 0.6 is 34.0 Å². The fraction of sp³-hybridized carbons (Fsp3) is 0. The van der Waals surface area contributed by atoms with E-state index in [-0.39, 0.29) is 0 Å². The lowest BCUT2D eigenvalue weighted by Gasteiger charge is -2.26. The molecule has 0 spiro atoms. The molecule has 8 nitrogen and oxygen atoms in total. The Labute approximate surface area is 683 Å². The van der Waals surface area contributed by atoms with Gasteiger partial charge in [0.25, 0.3) is 0 Å². The molecule has 0 radical (unpaired) electrons. The molecular weight excluding hydrogens is 1480 g/mol. The van der Waals surface area contributed by atoms with Crippen LogP contribution in [0.3, 0.4) is 0 Å². The highest BCUT2D eigenvalue weighted by Crippen LogP contribution is 2.43. The number of nitrogens with zero attached hydrogens (tertiary/aromatic N) is 5. The van der Waals surface area contributed by atoms with Gasteiger partial charge in [-0.2, -0.15) is 0 Å². The molecule has 6 heterocycles. The standard InChI is InChI=1S/C57H36N4S3.C48H33NO3/c1-4-10-52-49(7-1)58-55(62-52)43-19-13-37(14-20-43)40-25-31-46(32-26-40)61(47-33-27-41(28-34-47)38-15-21-44(22-16-38)56-59-50-8-2-5-11-53(50)63-56)48-35-29-42(30-36-48)39-17-23-45(24-18-39)57-60-51-9-3-6-12-54(51)64-57;1-4-46(50-31-1)40-13-7-34(8-14-40)37-19-25-43(26-20-37)49(44-27-21-38(22-28-44)35-9-15-41(16-10-35)47-5-2-32-51-47)45-29-23-39(24-30-45)36-11-17-42(18-12-36)48-6-3-33-52-48/h1-36H;1-33H. The van der Waals surface area contributed by atoms with Crippen molar-refractivity contribution in [3.8, 4) is 132 Å². The lowest BCUT2D eigenvalue weighted by atomic mass is 10.0. The third-order valence-electron chi connectivity index (χ3n) is 21.1. The summed E-state index contributed by atoms with van der Waals surface area (Å²) in [5, 5.41) is 3.12. The third kappa shape index (κ3) is 14.8. The minimum absolute atomic E-state index is 0.867. The number of hydrogen-bond donors (Lipinski definition) is 0. The Bertz CT molecular complexity index is 6120. The molecule has 550 valence electrons. The molecule has 21 rings (SSSR count). The Hall–Kier alpha value is -14.6. The molecule has 15 aromatic carbocycles. The van der Waals surface area contributed by atoms with Gasteiger partial charge in [-0.05, 0) is 212 Å². The summed E-state index contributed by atoms with van der Waals surface area (Å²) in [6.45, 7) is 0. The Balaban J connectivity index is 0.000000153. The smallest absolute Gasteiger partial charge is 0.133 e. The van der Waals surface area contributed by atoms with Gasteiger partial charge in [0, 0.05) is 67.5 Å². The van der Waals surface area contributed by atoms with E-state index < -0.39 is 0 Å². The lowest BCUT2D eigenvalue weighted by molar-refractivity contribution is 0.582. The number of furan rings is 3. The quantitative estimate of drug-likeness (QED) is 0.0840. The molecule has 0 aliphatic rings. The van der Waals surface area contributed by atoms with Crippen molar-refractivity contribution in [3.63, 3.8) is 0 Å². The van der Waals surface area contributed by atoms with Gasteiger partial charge in [0.15, 0.2) is 0 Å². The molecule has 0 bridgehead atoms. The predicted molar refractivity (Wildman–Crippen MR) is 484 cm³/mol. The number of hydrogen-bond acceptors (Lipinski definition) is 11. The van der Waals surface area contributed by atoms with Crippen LogP contribution in [-0.2, 0) is 0 Å². The summed E-state index contributed by atoms with van der Waals surface area (Å²) in [6.07, 6.45) is 5.11. The van der Waals surface area contributed by atoms with E-state index in [0.717, 1.165) is 166 Å². The van der Waals surface area contributed by atoms with Crippen LogP contribution in [0.5, 0.6) is 0 Å². The molecule has 0 aliphatic carbocycles. The van der Waals surface area contributed by atoms with Gasteiger partial charge in [-0.3, -0.25) is 0 Å². The molecular formula is C105H69N5O3S3. The molecule has 116 heavy (non-hydrogen) atoms. The predicted octanol–water partition coefficient (Wildman–Crippen LogP) is 30.9. The van der Waals surface area contributed by atoms with Crippen LogP contribution in [0.1, 0.15) is 0 Å². The molecule has 0 amide bonds. The van der Waals surface area contributed by atoms with Gasteiger partial charge in [0.1, 0.15) is 32.3 Å². The van der Waals surface area contributed by atoms with Gasteiger partial charge >= 0.3 is 0 Å². The van der Waals surface area contributed by atoms with Crippen molar-refractivity contribution in [2.75, 3.05) is 9.80 Å². The Kier molecular flexibility index (Phi) is 19.2. The molecule has 0 fully saturated rings. The van der Waals surface area contributed by atoms with Crippen LogP contribution in [0, 0.1) is 0 Å². The SMILES string of the molecule is c1ccc2sc(-c3ccc(-c4ccc(N(c5ccc(-c6ccc(-c7nc8ccccc8s7)cc6)cc5)c5ccc(-c6ccc(-c7nc8ccccc8s7)cc6)cc5)cc4)cc3)nc2c1.c1coc(-c2ccc(-c3ccc(N(c4ccc(-c5ccc(-c6ccco6)cc5)cc4)c4ccc(-c5ccc(-c6ccco6)cc5)cc4)cc3)cc2)c1. The third-order valence-corrected chi connectivity index (χ3v) is 24.4. The van der Waals surface area contributed by atoms with Crippen LogP contribution in [0.2, 0.25) is 0 Å². The van der Waals surface area contributed by atoms with E-state index >= 15 is 0 Å². The van der Waals surface area contributed by atoms with E-state index in [1.54, 1.807) is 52.8 Å². The monoisotopic (exact) mass is 1540 g/mol. The Morgan fingerprint density at radius 3 is 0.517 bits per heavy atom. The van der Waals surface area contributed by atoms with Crippen LogP contribution < -0.4 is 9.80 Å². The maximum absolute atomic E-state index is 5.58. The minimum atomic E-state index is 0.867. The number of fused-ring (bicyclic) bond motifs is 3. The molecule has 0 unspecified atom stereocenters. The summed E-state index contributed by atoms with van der Waals surface area (Å²) >= 11 is 5.20. The first-order chi connectivity index (χ1) is 57.4.